The van der Waals surface area contributed by atoms with Gasteiger partial charge in [0.15, 0.2) is 0 Å². The standard InChI is InChI=1S/C14H28N2O4S/c1-9(2)11(8-10(3)21(18,19)20)16(7)13(17)12(15)14(4,5)6/h8-9,11-12H,15H2,1-7H3,(H,18,19,20)/b10-8+/t11-,12-/m1/s1. The average molecular weight is 320 g/mol. The highest BCUT2D eigenvalue weighted by Gasteiger charge is 2.33. The number of nitrogens with zero attached hydrogens (tertiary/aromatic N) is 1. The van der Waals surface area contributed by atoms with E-state index in [9.17, 15) is 13.2 Å². The lowest BCUT2D eigenvalue weighted by atomic mass is 9.86. The first-order chi connectivity index (χ1) is 9.19. The van der Waals surface area contributed by atoms with Crippen LogP contribution in [0, 0.1) is 11.3 Å². The van der Waals surface area contributed by atoms with Gasteiger partial charge in [0.2, 0.25) is 5.91 Å². The van der Waals surface area contributed by atoms with E-state index in [0.717, 1.165) is 0 Å². The third kappa shape index (κ3) is 5.76. The summed E-state index contributed by atoms with van der Waals surface area (Å²) in [6, 6.07) is -1.16. The van der Waals surface area contributed by atoms with Gasteiger partial charge in [0.25, 0.3) is 10.1 Å². The number of allylic oxidation sites excluding steroid dienone is 1. The second-order valence-electron chi connectivity index (χ2n) is 6.78. The fourth-order valence-electron chi connectivity index (χ4n) is 1.81. The molecule has 0 aromatic rings. The molecular weight excluding hydrogens is 292 g/mol. The van der Waals surface area contributed by atoms with Gasteiger partial charge in [0.05, 0.1) is 17.0 Å². The fraction of sp³-hybridized carbons (Fsp3) is 0.786. The van der Waals surface area contributed by atoms with Crippen LogP contribution in [0.3, 0.4) is 0 Å². The molecular formula is C14H28N2O4S. The van der Waals surface area contributed by atoms with Gasteiger partial charge >= 0.3 is 0 Å². The minimum Gasteiger partial charge on any atom is -0.338 e. The number of hydrogen-bond acceptors (Lipinski definition) is 4. The van der Waals surface area contributed by atoms with Gasteiger partial charge in [-0.05, 0) is 24.3 Å². The van der Waals surface area contributed by atoms with Crippen molar-refractivity contribution < 1.29 is 17.8 Å². The topological polar surface area (TPSA) is 101 Å². The monoisotopic (exact) mass is 320 g/mol. The number of nitrogens with two attached hydrogens (primary N) is 1. The zero-order valence-electron chi connectivity index (χ0n) is 13.9. The quantitative estimate of drug-likeness (QED) is 0.750. The predicted molar refractivity (Wildman–Crippen MR) is 84.1 cm³/mol. The van der Waals surface area contributed by atoms with Crippen molar-refractivity contribution in [1.29, 1.82) is 0 Å². The Labute approximate surface area is 128 Å². The van der Waals surface area contributed by atoms with E-state index in [4.69, 9.17) is 10.3 Å². The van der Waals surface area contributed by atoms with E-state index in [1.54, 1.807) is 7.05 Å². The lowest BCUT2D eigenvalue weighted by Gasteiger charge is -2.35. The van der Waals surface area contributed by atoms with Crippen molar-refractivity contribution in [2.45, 2.75) is 53.6 Å². The molecule has 0 saturated heterocycles. The largest absolute Gasteiger partial charge is 0.338 e. The Morgan fingerprint density at radius 1 is 1.29 bits per heavy atom. The number of carbonyl (C=O) groups excluding carboxylic acids is 1. The van der Waals surface area contributed by atoms with Crippen LogP contribution in [0.1, 0.15) is 41.5 Å². The van der Waals surface area contributed by atoms with Crippen LogP contribution in [0.4, 0.5) is 0 Å². The zero-order chi connectivity index (χ0) is 17.2. The Hall–Kier alpha value is -0.920. The molecule has 0 fully saturated rings. The Balaban J connectivity index is 5.48. The van der Waals surface area contributed by atoms with Crippen LogP contribution in [-0.2, 0) is 14.9 Å². The molecule has 7 heteroatoms. The number of rotatable bonds is 5. The first kappa shape index (κ1) is 20.1. The first-order valence-electron chi connectivity index (χ1n) is 6.87. The van der Waals surface area contributed by atoms with Crippen molar-refractivity contribution in [3.8, 4) is 0 Å². The van der Waals surface area contributed by atoms with Gasteiger partial charge in [0, 0.05) is 7.05 Å². The summed E-state index contributed by atoms with van der Waals surface area (Å²) in [5.74, 6) is -0.289. The molecule has 0 aliphatic rings. The third-order valence-electron chi connectivity index (χ3n) is 3.49. The minimum atomic E-state index is -4.25. The van der Waals surface area contributed by atoms with Crippen LogP contribution in [-0.4, -0.2) is 42.9 Å². The van der Waals surface area contributed by atoms with Crippen molar-refractivity contribution >= 4 is 16.0 Å². The summed E-state index contributed by atoms with van der Waals surface area (Å²) in [6.45, 7) is 10.6. The van der Waals surface area contributed by atoms with E-state index < -0.39 is 27.6 Å². The van der Waals surface area contributed by atoms with E-state index >= 15 is 0 Å². The molecule has 0 bridgehead atoms. The molecule has 0 aliphatic carbocycles. The second-order valence-corrected chi connectivity index (χ2v) is 8.37. The van der Waals surface area contributed by atoms with Gasteiger partial charge in [0.1, 0.15) is 0 Å². The molecule has 0 rings (SSSR count). The molecule has 0 radical (unpaired) electrons. The molecule has 21 heavy (non-hydrogen) atoms. The van der Waals surface area contributed by atoms with Crippen LogP contribution in [0.25, 0.3) is 0 Å². The molecule has 0 spiro atoms. The Bertz CT molecular complexity index is 504. The van der Waals surface area contributed by atoms with Crippen LogP contribution in [0.2, 0.25) is 0 Å². The highest BCUT2D eigenvalue weighted by molar-refractivity contribution is 7.89. The van der Waals surface area contributed by atoms with E-state index in [2.05, 4.69) is 0 Å². The molecule has 0 aliphatic heterocycles. The Kier molecular flexibility index (Phi) is 6.59. The summed E-state index contributed by atoms with van der Waals surface area (Å²) in [4.78, 5) is 13.7. The Morgan fingerprint density at radius 3 is 2.00 bits per heavy atom. The molecule has 0 heterocycles. The third-order valence-corrected chi connectivity index (χ3v) is 4.44. The SMILES string of the molecule is C/C(=C\[C@H](C(C)C)N(C)C(=O)[C@@H](N)C(C)(C)C)S(=O)(=O)O. The van der Waals surface area contributed by atoms with Gasteiger partial charge in [-0.2, -0.15) is 8.42 Å². The molecule has 124 valence electrons. The van der Waals surface area contributed by atoms with E-state index in [-0.39, 0.29) is 16.7 Å². The number of amides is 1. The normalized spacial score (nSPS) is 16.8. The lowest BCUT2D eigenvalue weighted by Crippen LogP contribution is -2.52. The smallest absolute Gasteiger partial charge is 0.290 e. The molecule has 0 unspecified atom stereocenters. The van der Waals surface area contributed by atoms with Crippen molar-refractivity contribution in [1.82, 2.24) is 4.90 Å². The number of likely N-dealkylation sites (N-methyl/N-ethyl adjacent to an activating group) is 1. The fourth-order valence-corrected chi connectivity index (χ4v) is 2.13. The maximum atomic E-state index is 12.4. The maximum Gasteiger partial charge on any atom is 0.290 e. The van der Waals surface area contributed by atoms with Gasteiger partial charge in [-0.1, -0.05) is 34.6 Å². The number of hydrogen-bond donors (Lipinski definition) is 2. The maximum absolute atomic E-state index is 12.4. The molecule has 0 aromatic carbocycles. The highest BCUT2D eigenvalue weighted by atomic mass is 32.2. The summed E-state index contributed by atoms with van der Waals surface area (Å²) < 4.78 is 31.3. The van der Waals surface area contributed by atoms with Crippen LogP contribution in [0.5, 0.6) is 0 Å². The average Bonchev–Trinajstić information content (AvgIpc) is 2.29. The first-order valence-corrected chi connectivity index (χ1v) is 8.31. The summed E-state index contributed by atoms with van der Waals surface area (Å²) in [5, 5.41) is 0. The molecule has 0 aromatic heterocycles. The van der Waals surface area contributed by atoms with Crippen LogP contribution < -0.4 is 5.73 Å². The van der Waals surface area contributed by atoms with Crippen molar-refractivity contribution in [3.05, 3.63) is 11.0 Å². The van der Waals surface area contributed by atoms with E-state index in [1.807, 2.05) is 34.6 Å². The summed E-state index contributed by atoms with van der Waals surface area (Å²) in [6.07, 6.45) is 1.38. The highest BCUT2D eigenvalue weighted by Crippen LogP contribution is 2.22. The van der Waals surface area contributed by atoms with Crippen molar-refractivity contribution in [3.63, 3.8) is 0 Å². The van der Waals surface area contributed by atoms with Gasteiger partial charge in [-0.25, -0.2) is 0 Å². The molecule has 2 atom stereocenters. The van der Waals surface area contributed by atoms with Crippen LogP contribution in [0.15, 0.2) is 11.0 Å². The van der Waals surface area contributed by atoms with Gasteiger partial charge in [-0.15, -0.1) is 0 Å². The minimum absolute atomic E-state index is 0.0252. The molecule has 6 nitrogen and oxygen atoms in total. The van der Waals surface area contributed by atoms with Gasteiger partial charge < -0.3 is 10.6 Å². The second kappa shape index (κ2) is 6.89. The number of carbonyl (C=O) groups is 1. The Morgan fingerprint density at radius 2 is 1.71 bits per heavy atom. The summed E-state index contributed by atoms with van der Waals surface area (Å²) in [5.41, 5.74) is 5.58. The predicted octanol–water partition coefficient (Wildman–Crippen LogP) is 1.63. The summed E-state index contributed by atoms with van der Waals surface area (Å²) >= 11 is 0. The van der Waals surface area contributed by atoms with E-state index in [0.29, 0.717) is 0 Å². The molecule has 1 amide bonds. The van der Waals surface area contributed by atoms with Crippen molar-refractivity contribution in [2.75, 3.05) is 7.05 Å². The summed E-state index contributed by atoms with van der Waals surface area (Å²) in [7, 11) is -2.66. The van der Waals surface area contributed by atoms with Gasteiger partial charge in [-0.3, -0.25) is 9.35 Å². The van der Waals surface area contributed by atoms with Crippen LogP contribution >= 0.6 is 0 Å². The lowest BCUT2D eigenvalue weighted by molar-refractivity contribution is -0.135. The van der Waals surface area contributed by atoms with E-state index in [1.165, 1.54) is 17.9 Å². The molecule has 3 N–H and O–H groups in total. The van der Waals surface area contributed by atoms with Crippen molar-refractivity contribution in [2.24, 2.45) is 17.1 Å². The zero-order valence-corrected chi connectivity index (χ0v) is 14.7. The molecule has 0 saturated carbocycles.